The van der Waals surface area contributed by atoms with Crippen molar-refractivity contribution in [3.05, 3.63) is 30.1 Å². The lowest BCUT2D eigenvalue weighted by molar-refractivity contribution is 0.180. The topological polar surface area (TPSA) is 77.6 Å². The number of H-pyrrole nitrogens is 1. The van der Waals surface area contributed by atoms with Gasteiger partial charge in [-0.1, -0.05) is 12.1 Å². The number of aliphatic imine (C=N–C) groups is 1. The first-order valence-corrected chi connectivity index (χ1v) is 9.86. The summed E-state index contributed by atoms with van der Waals surface area (Å²) in [6.07, 6.45) is 2.93. The Kier molecular flexibility index (Phi) is 12.8. The van der Waals surface area contributed by atoms with Crippen molar-refractivity contribution in [3.8, 4) is 0 Å². The molecule has 1 aromatic heterocycles. The van der Waals surface area contributed by atoms with Gasteiger partial charge in [-0.05, 0) is 38.9 Å². The Bertz CT molecular complexity index is 657. The van der Waals surface area contributed by atoms with Crippen molar-refractivity contribution in [1.82, 2.24) is 25.5 Å². The zero-order valence-electron chi connectivity index (χ0n) is 17.3. The largest absolute Gasteiger partial charge is 0.385 e. The second-order valence-corrected chi connectivity index (χ2v) is 6.64. The fourth-order valence-electron chi connectivity index (χ4n) is 2.86. The summed E-state index contributed by atoms with van der Waals surface area (Å²) in [5, 5.41) is 6.71. The predicted octanol–water partition coefficient (Wildman–Crippen LogP) is 2.64. The Labute approximate surface area is 185 Å². The van der Waals surface area contributed by atoms with Crippen LogP contribution in [-0.4, -0.2) is 74.3 Å². The number of nitrogens with zero attached hydrogens (tertiary/aromatic N) is 3. The van der Waals surface area contributed by atoms with Crippen LogP contribution in [0.5, 0.6) is 0 Å². The smallest absolute Gasteiger partial charge is 0.191 e. The van der Waals surface area contributed by atoms with E-state index in [1.54, 1.807) is 7.11 Å². The third-order valence-electron chi connectivity index (χ3n) is 4.30. The first kappa shape index (κ1) is 24.6. The van der Waals surface area contributed by atoms with Gasteiger partial charge >= 0.3 is 0 Å². The molecule has 1 heterocycles. The third-order valence-corrected chi connectivity index (χ3v) is 4.30. The van der Waals surface area contributed by atoms with Crippen molar-refractivity contribution in [2.75, 3.05) is 53.5 Å². The van der Waals surface area contributed by atoms with Crippen molar-refractivity contribution >= 4 is 41.0 Å². The van der Waals surface area contributed by atoms with Gasteiger partial charge in [0.25, 0.3) is 0 Å². The SMILES string of the molecule is CCNC(=NCCCc1nc2ccccc2[nH]1)NCCN(C)CCCOC.I. The molecule has 2 rings (SSSR count). The quantitative estimate of drug-likeness (QED) is 0.180. The summed E-state index contributed by atoms with van der Waals surface area (Å²) in [6, 6.07) is 8.13. The molecule has 0 unspecified atom stereocenters. The van der Waals surface area contributed by atoms with E-state index >= 15 is 0 Å². The van der Waals surface area contributed by atoms with Crippen LogP contribution in [0, 0.1) is 0 Å². The van der Waals surface area contributed by atoms with E-state index in [2.05, 4.69) is 50.5 Å². The number of guanidine groups is 1. The molecule has 0 atom stereocenters. The van der Waals surface area contributed by atoms with Gasteiger partial charge in [0.1, 0.15) is 5.82 Å². The monoisotopic (exact) mass is 502 g/mol. The molecule has 3 N–H and O–H groups in total. The molecule has 0 fully saturated rings. The molecule has 158 valence electrons. The highest BCUT2D eigenvalue weighted by molar-refractivity contribution is 14.0. The van der Waals surface area contributed by atoms with E-state index in [1.807, 2.05) is 18.2 Å². The number of fused-ring (bicyclic) bond motifs is 1. The lowest BCUT2D eigenvalue weighted by atomic mass is 10.3. The predicted molar refractivity (Wildman–Crippen MR) is 128 cm³/mol. The van der Waals surface area contributed by atoms with Crippen LogP contribution in [0.3, 0.4) is 0 Å². The average Bonchev–Trinajstić information content (AvgIpc) is 3.08. The lowest BCUT2D eigenvalue weighted by Crippen LogP contribution is -2.41. The maximum absolute atomic E-state index is 5.09. The number of ether oxygens (including phenoxy) is 1. The van der Waals surface area contributed by atoms with E-state index in [0.29, 0.717) is 0 Å². The highest BCUT2D eigenvalue weighted by Gasteiger charge is 2.03. The summed E-state index contributed by atoms with van der Waals surface area (Å²) in [7, 11) is 3.88. The number of hydrogen-bond acceptors (Lipinski definition) is 4. The molecule has 7 nitrogen and oxygen atoms in total. The minimum absolute atomic E-state index is 0. The molecule has 0 spiro atoms. The molecule has 0 bridgehead atoms. The first-order valence-electron chi connectivity index (χ1n) is 9.86. The van der Waals surface area contributed by atoms with Crippen LogP contribution >= 0.6 is 24.0 Å². The summed E-state index contributed by atoms with van der Waals surface area (Å²) in [5.41, 5.74) is 2.13. The Balaban J connectivity index is 0.00000392. The molecule has 0 aliphatic heterocycles. The number of likely N-dealkylation sites (N-methyl/N-ethyl adjacent to an activating group) is 1. The number of methoxy groups -OCH3 is 1. The molecule has 0 saturated carbocycles. The van der Waals surface area contributed by atoms with E-state index in [9.17, 15) is 0 Å². The molecular weight excluding hydrogens is 467 g/mol. The van der Waals surface area contributed by atoms with E-state index in [4.69, 9.17) is 4.74 Å². The number of aryl methyl sites for hydroxylation is 1. The highest BCUT2D eigenvalue weighted by atomic mass is 127. The second-order valence-electron chi connectivity index (χ2n) is 6.64. The molecule has 0 radical (unpaired) electrons. The fraction of sp³-hybridized carbons (Fsp3) is 0.600. The molecule has 0 amide bonds. The van der Waals surface area contributed by atoms with Gasteiger partial charge in [0.15, 0.2) is 5.96 Å². The molecule has 8 heteroatoms. The molecule has 2 aromatic rings. The van der Waals surface area contributed by atoms with Gasteiger partial charge in [-0.15, -0.1) is 24.0 Å². The number of aromatic amines is 1. The van der Waals surface area contributed by atoms with Crippen LogP contribution in [0.15, 0.2) is 29.3 Å². The standard InChI is InChI=1S/C20H34N6O.HI/c1-4-21-20(23-13-15-26(2)14-8-16-27-3)22-12-7-11-19-24-17-9-5-6-10-18(17)25-19;/h5-6,9-10H,4,7-8,11-16H2,1-3H3,(H,24,25)(H2,21,22,23);1H. The molecule has 28 heavy (non-hydrogen) atoms. The summed E-state index contributed by atoms with van der Waals surface area (Å²) in [4.78, 5) is 15.0. The van der Waals surface area contributed by atoms with Gasteiger partial charge in [-0.25, -0.2) is 4.98 Å². The van der Waals surface area contributed by atoms with Gasteiger partial charge in [0, 0.05) is 52.9 Å². The second kappa shape index (κ2) is 14.6. The number of hydrogen-bond donors (Lipinski definition) is 3. The average molecular weight is 502 g/mol. The molecule has 0 saturated heterocycles. The number of imidazole rings is 1. The van der Waals surface area contributed by atoms with Crippen molar-refractivity contribution in [2.24, 2.45) is 4.99 Å². The molecule has 0 aliphatic rings. The molecule has 0 aliphatic carbocycles. The van der Waals surface area contributed by atoms with Crippen molar-refractivity contribution in [3.63, 3.8) is 0 Å². The van der Waals surface area contributed by atoms with Crippen LogP contribution in [0.4, 0.5) is 0 Å². The van der Waals surface area contributed by atoms with E-state index in [0.717, 1.165) is 81.4 Å². The van der Waals surface area contributed by atoms with Gasteiger partial charge in [-0.3, -0.25) is 4.99 Å². The molecule has 1 aromatic carbocycles. The van der Waals surface area contributed by atoms with Crippen molar-refractivity contribution in [2.45, 2.75) is 26.2 Å². The van der Waals surface area contributed by atoms with Crippen molar-refractivity contribution < 1.29 is 4.74 Å². The van der Waals surface area contributed by atoms with Crippen LogP contribution < -0.4 is 10.6 Å². The fourth-order valence-corrected chi connectivity index (χ4v) is 2.86. The Morgan fingerprint density at radius 2 is 2.04 bits per heavy atom. The Morgan fingerprint density at radius 3 is 2.79 bits per heavy atom. The zero-order chi connectivity index (χ0) is 19.3. The van der Waals surface area contributed by atoms with E-state index in [-0.39, 0.29) is 24.0 Å². The van der Waals surface area contributed by atoms with Crippen LogP contribution in [-0.2, 0) is 11.2 Å². The number of para-hydroxylation sites is 2. The van der Waals surface area contributed by atoms with Crippen LogP contribution in [0.2, 0.25) is 0 Å². The number of rotatable bonds is 12. The minimum Gasteiger partial charge on any atom is -0.385 e. The van der Waals surface area contributed by atoms with Crippen LogP contribution in [0.1, 0.15) is 25.6 Å². The number of halogens is 1. The van der Waals surface area contributed by atoms with Gasteiger partial charge in [0.2, 0.25) is 0 Å². The minimum atomic E-state index is 0. The Hall–Kier alpha value is -1.39. The molecular formula is C20H35IN6O. The number of nitrogens with one attached hydrogen (secondary N) is 3. The maximum Gasteiger partial charge on any atom is 0.191 e. The van der Waals surface area contributed by atoms with Crippen molar-refractivity contribution in [1.29, 1.82) is 0 Å². The highest BCUT2D eigenvalue weighted by Crippen LogP contribution is 2.11. The maximum atomic E-state index is 5.09. The summed E-state index contributed by atoms with van der Waals surface area (Å²) >= 11 is 0. The first-order chi connectivity index (χ1) is 13.2. The summed E-state index contributed by atoms with van der Waals surface area (Å²) < 4.78 is 5.09. The van der Waals surface area contributed by atoms with Crippen LogP contribution in [0.25, 0.3) is 11.0 Å². The van der Waals surface area contributed by atoms with Gasteiger partial charge in [-0.2, -0.15) is 0 Å². The van der Waals surface area contributed by atoms with Gasteiger partial charge in [0.05, 0.1) is 11.0 Å². The Morgan fingerprint density at radius 1 is 1.21 bits per heavy atom. The summed E-state index contributed by atoms with van der Waals surface area (Å²) in [5.74, 6) is 1.91. The normalized spacial score (nSPS) is 11.6. The van der Waals surface area contributed by atoms with Gasteiger partial charge < -0.3 is 25.3 Å². The van der Waals surface area contributed by atoms with E-state index < -0.39 is 0 Å². The summed E-state index contributed by atoms with van der Waals surface area (Å²) in [6.45, 7) is 7.43. The third kappa shape index (κ3) is 9.20. The van der Waals surface area contributed by atoms with E-state index in [1.165, 1.54) is 0 Å². The number of aromatic nitrogens is 2. The number of benzene rings is 1. The lowest BCUT2D eigenvalue weighted by Gasteiger charge is -2.18. The zero-order valence-corrected chi connectivity index (χ0v) is 19.7.